The molecule has 0 unspecified atom stereocenters. The minimum atomic E-state index is 0.250. The summed E-state index contributed by atoms with van der Waals surface area (Å²) in [5.41, 5.74) is 15.4. The molecule has 0 bridgehead atoms. The number of hydrazone groups is 1. The van der Waals surface area contributed by atoms with Crippen LogP contribution in [0.2, 0.25) is 0 Å². The maximum absolute atomic E-state index is 8.58. The molecule has 2 aromatic rings. The van der Waals surface area contributed by atoms with E-state index < -0.39 is 0 Å². The smallest absolute Gasteiger partial charge is 0.204 e. The van der Waals surface area contributed by atoms with E-state index in [-0.39, 0.29) is 6.41 Å². The Kier molecular flexibility index (Phi) is 17.4. The highest BCUT2D eigenvalue weighted by atomic mass is 16.1. The first-order valence-corrected chi connectivity index (χ1v) is 8.14. The molecular formula is C19H30N6O. The fraction of sp³-hybridized carbons (Fsp3) is 0.263. The topological polar surface area (TPSA) is 119 Å². The molecule has 2 rings (SSSR count). The lowest BCUT2D eigenvalue weighted by Crippen LogP contribution is -1.94. The van der Waals surface area contributed by atoms with Gasteiger partial charge in [-0.05, 0) is 44.2 Å². The van der Waals surface area contributed by atoms with Crippen molar-refractivity contribution in [2.24, 2.45) is 16.6 Å². The average molecular weight is 358 g/mol. The zero-order valence-corrected chi connectivity index (χ0v) is 16.0. The van der Waals surface area contributed by atoms with Gasteiger partial charge in [-0.25, -0.2) is 9.97 Å². The molecule has 0 fully saturated rings. The van der Waals surface area contributed by atoms with Crippen LogP contribution in [0.15, 0.2) is 59.6 Å². The van der Waals surface area contributed by atoms with Crippen molar-refractivity contribution in [3.8, 4) is 0 Å². The number of primary amides is 1. The predicted octanol–water partition coefficient (Wildman–Crippen LogP) is 3.03. The Bertz CT molecular complexity index is 612. The first kappa shape index (κ1) is 25.0. The molecule has 142 valence electrons. The molecule has 0 aliphatic carbocycles. The van der Waals surface area contributed by atoms with Crippen molar-refractivity contribution in [3.05, 3.63) is 65.9 Å². The number of allylic oxidation sites excluding steroid dienone is 1. The lowest BCUT2D eigenvalue weighted by atomic mass is 10.1. The molecule has 0 radical (unpaired) electrons. The molecule has 7 heteroatoms. The Morgan fingerprint density at radius 2 is 1.69 bits per heavy atom. The van der Waals surface area contributed by atoms with Crippen LogP contribution in [0.5, 0.6) is 0 Å². The molecule has 1 aromatic carbocycles. The molecule has 0 spiro atoms. The fourth-order valence-electron chi connectivity index (χ4n) is 1.50. The molecule has 0 saturated carbocycles. The van der Waals surface area contributed by atoms with Crippen LogP contribution in [0.3, 0.4) is 0 Å². The highest BCUT2D eigenvalue weighted by molar-refractivity contribution is 5.43. The fourth-order valence-corrected chi connectivity index (χ4v) is 1.50. The van der Waals surface area contributed by atoms with Crippen molar-refractivity contribution in [2.45, 2.75) is 34.1 Å². The molecule has 7 nitrogen and oxygen atoms in total. The number of para-hydroxylation sites is 1. The number of carbonyl (C=O) groups is 1. The molecule has 5 N–H and O–H groups in total. The standard InChI is InChI=1S/C9H13N3.C7H8N2.C2H6.CH3NO/c1-7(4-10)3-9-5-11-8(2)12-6-9;1-8-9-7-5-3-2-4-6-7;1-2;2-1-3/h4-6H,3,10H2,1-2H3;2-6,9H,1H2;1-2H3;1H,(H2,2,3)/b7-4+;;;. The molecule has 1 heterocycles. The largest absolute Gasteiger partial charge is 0.405 e. The first-order chi connectivity index (χ1) is 12.6. The van der Waals surface area contributed by atoms with E-state index in [0.717, 1.165) is 29.1 Å². The summed E-state index contributed by atoms with van der Waals surface area (Å²) in [4.78, 5) is 16.8. The first-order valence-electron chi connectivity index (χ1n) is 8.14. The molecule has 0 aliphatic rings. The van der Waals surface area contributed by atoms with Gasteiger partial charge in [-0.1, -0.05) is 37.6 Å². The highest BCUT2D eigenvalue weighted by Gasteiger charge is 1.94. The van der Waals surface area contributed by atoms with Crippen LogP contribution in [0, 0.1) is 6.92 Å². The van der Waals surface area contributed by atoms with E-state index in [0.29, 0.717) is 0 Å². The zero-order valence-electron chi connectivity index (χ0n) is 16.0. The van der Waals surface area contributed by atoms with Crippen LogP contribution in [0.1, 0.15) is 32.2 Å². The third-order valence-electron chi connectivity index (χ3n) is 2.58. The zero-order chi connectivity index (χ0) is 20.2. The molecule has 1 aromatic heterocycles. The molecule has 1 amide bonds. The number of benzene rings is 1. The number of aromatic nitrogens is 2. The summed E-state index contributed by atoms with van der Waals surface area (Å²) >= 11 is 0. The van der Waals surface area contributed by atoms with Gasteiger partial charge in [0.05, 0.1) is 5.69 Å². The van der Waals surface area contributed by atoms with Crippen LogP contribution in [0.4, 0.5) is 5.69 Å². The highest BCUT2D eigenvalue weighted by Crippen LogP contribution is 2.04. The van der Waals surface area contributed by atoms with E-state index >= 15 is 0 Å². The van der Waals surface area contributed by atoms with E-state index in [1.54, 1.807) is 6.20 Å². The minimum absolute atomic E-state index is 0.250. The number of hydrogen-bond acceptors (Lipinski definition) is 6. The number of nitrogens with one attached hydrogen (secondary N) is 1. The number of nitrogens with two attached hydrogens (primary N) is 2. The van der Waals surface area contributed by atoms with E-state index in [9.17, 15) is 0 Å². The average Bonchev–Trinajstić information content (AvgIpc) is 2.67. The molecule has 26 heavy (non-hydrogen) atoms. The summed E-state index contributed by atoms with van der Waals surface area (Å²) in [5, 5.41) is 3.51. The minimum Gasteiger partial charge on any atom is -0.405 e. The van der Waals surface area contributed by atoms with Crippen LogP contribution in [-0.4, -0.2) is 23.1 Å². The Labute approximate surface area is 156 Å². The molecule has 0 aliphatic heterocycles. The van der Waals surface area contributed by atoms with Crippen molar-refractivity contribution >= 4 is 18.8 Å². The second kappa shape index (κ2) is 18.1. The molecule has 0 atom stereocenters. The summed E-state index contributed by atoms with van der Waals surface area (Å²) in [6, 6.07) is 9.68. The second-order valence-electron chi connectivity index (χ2n) is 4.60. The second-order valence-corrected chi connectivity index (χ2v) is 4.60. The Balaban J connectivity index is 0. The van der Waals surface area contributed by atoms with Crippen LogP contribution in [0.25, 0.3) is 0 Å². The van der Waals surface area contributed by atoms with Gasteiger partial charge in [0.25, 0.3) is 0 Å². The number of rotatable bonds is 4. The van der Waals surface area contributed by atoms with Gasteiger partial charge in [0.1, 0.15) is 5.82 Å². The Hall–Kier alpha value is -3.22. The van der Waals surface area contributed by atoms with Crippen LogP contribution >= 0.6 is 0 Å². The van der Waals surface area contributed by atoms with Crippen LogP contribution < -0.4 is 16.9 Å². The monoisotopic (exact) mass is 358 g/mol. The lowest BCUT2D eigenvalue weighted by molar-refractivity contribution is -0.106. The quantitative estimate of drug-likeness (QED) is 0.441. The summed E-state index contributed by atoms with van der Waals surface area (Å²) in [6.45, 7) is 11.2. The lowest BCUT2D eigenvalue weighted by Gasteiger charge is -1.99. The van der Waals surface area contributed by atoms with E-state index in [1.807, 2.05) is 70.4 Å². The summed E-state index contributed by atoms with van der Waals surface area (Å²) in [7, 11) is 0. The van der Waals surface area contributed by atoms with Gasteiger partial charge >= 0.3 is 0 Å². The summed E-state index contributed by atoms with van der Waals surface area (Å²) in [5.74, 6) is 0.799. The number of carbonyl (C=O) groups excluding carboxylic acids is 1. The van der Waals surface area contributed by atoms with Crippen molar-refractivity contribution < 1.29 is 4.79 Å². The van der Waals surface area contributed by atoms with Gasteiger partial charge in [-0.15, -0.1) is 0 Å². The normalized spacial score (nSPS) is 9.00. The number of amides is 1. The van der Waals surface area contributed by atoms with Crippen molar-refractivity contribution in [2.75, 3.05) is 5.43 Å². The Morgan fingerprint density at radius 3 is 2.12 bits per heavy atom. The summed E-state index contributed by atoms with van der Waals surface area (Å²) in [6.07, 6.45) is 6.35. The number of nitrogens with zero attached hydrogens (tertiary/aromatic N) is 3. The SMILES string of the molecule is C/C(=C\N)Cc1cnc(C)nc1.C=NNc1ccccc1.CC.NC=O. The predicted molar refractivity (Wildman–Crippen MR) is 110 cm³/mol. The van der Waals surface area contributed by atoms with E-state index in [1.165, 1.54) is 0 Å². The van der Waals surface area contributed by atoms with Crippen LogP contribution in [-0.2, 0) is 11.2 Å². The number of aryl methyl sites for hydroxylation is 1. The number of anilines is 1. The molecule has 0 saturated heterocycles. The van der Waals surface area contributed by atoms with Gasteiger partial charge in [0, 0.05) is 19.1 Å². The van der Waals surface area contributed by atoms with Gasteiger partial charge < -0.3 is 11.5 Å². The Morgan fingerprint density at radius 1 is 1.19 bits per heavy atom. The number of hydrogen-bond donors (Lipinski definition) is 3. The maximum Gasteiger partial charge on any atom is 0.204 e. The summed E-state index contributed by atoms with van der Waals surface area (Å²) < 4.78 is 0. The third-order valence-corrected chi connectivity index (χ3v) is 2.58. The van der Waals surface area contributed by atoms with E-state index in [2.05, 4.69) is 32.9 Å². The van der Waals surface area contributed by atoms with Gasteiger partial charge in [-0.2, -0.15) is 5.10 Å². The van der Waals surface area contributed by atoms with Crippen molar-refractivity contribution in [1.29, 1.82) is 0 Å². The van der Waals surface area contributed by atoms with Gasteiger partial charge in [0.2, 0.25) is 6.41 Å². The maximum atomic E-state index is 8.58. The van der Waals surface area contributed by atoms with Gasteiger partial charge in [-0.3, -0.25) is 10.2 Å². The van der Waals surface area contributed by atoms with Crippen molar-refractivity contribution in [1.82, 2.24) is 9.97 Å². The third kappa shape index (κ3) is 14.4. The van der Waals surface area contributed by atoms with E-state index in [4.69, 9.17) is 10.5 Å². The van der Waals surface area contributed by atoms with Crippen molar-refractivity contribution in [3.63, 3.8) is 0 Å². The van der Waals surface area contributed by atoms with Gasteiger partial charge in [0.15, 0.2) is 0 Å². The molecular weight excluding hydrogens is 328 g/mol.